The average Bonchev–Trinajstić information content (AvgIpc) is 3.31. The van der Waals surface area contributed by atoms with E-state index in [1.165, 1.54) is 16.7 Å². The molecule has 2 heterocycles. The van der Waals surface area contributed by atoms with Gasteiger partial charge in [0.2, 0.25) is 0 Å². The number of benzene rings is 2. The molecule has 0 radical (unpaired) electrons. The summed E-state index contributed by atoms with van der Waals surface area (Å²) in [5.74, 6) is 0.599. The minimum absolute atomic E-state index is 0.0970. The van der Waals surface area contributed by atoms with Crippen LogP contribution in [0.1, 0.15) is 15.4 Å². The molecule has 2 aromatic heterocycles. The van der Waals surface area contributed by atoms with Crippen LogP contribution in [0.5, 0.6) is 0 Å². The van der Waals surface area contributed by atoms with Crippen LogP contribution in [-0.2, 0) is 6.54 Å². The number of aromatic nitrogens is 1. The van der Waals surface area contributed by atoms with E-state index < -0.39 is 0 Å². The summed E-state index contributed by atoms with van der Waals surface area (Å²) >= 11 is 1.41. The van der Waals surface area contributed by atoms with E-state index in [0.29, 0.717) is 22.9 Å². The van der Waals surface area contributed by atoms with Gasteiger partial charge in [-0.3, -0.25) is 4.79 Å². The van der Waals surface area contributed by atoms with Crippen LogP contribution in [0, 0.1) is 0 Å². The number of thiophene rings is 1. The molecule has 0 bridgehead atoms. The summed E-state index contributed by atoms with van der Waals surface area (Å²) in [6.45, 7) is 0.341. The lowest BCUT2D eigenvalue weighted by atomic mass is 10.1. The van der Waals surface area contributed by atoms with Crippen molar-refractivity contribution in [1.82, 2.24) is 10.5 Å². The van der Waals surface area contributed by atoms with Crippen LogP contribution < -0.4 is 5.32 Å². The molecule has 1 N–H and O–H groups in total. The van der Waals surface area contributed by atoms with E-state index in [0.717, 1.165) is 10.9 Å². The standard InChI is InChI=1S/C19H14N2O2S/c22-19(18-6-3-9-24-18)20-12-16-11-17(23-21-16)15-8-7-13-4-1-2-5-14(13)10-15/h1-11H,12H2,(H,20,22). The lowest BCUT2D eigenvalue weighted by Crippen LogP contribution is -2.21. The van der Waals surface area contributed by atoms with Crippen molar-refractivity contribution in [2.75, 3.05) is 0 Å². The van der Waals surface area contributed by atoms with Crippen molar-refractivity contribution < 1.29 is 9.32 Å². The first-order chi connectivity index (χ1) is 11.8. The van der Waals surface area contributed by atoms with E-state index in [2.05, 4.69) is 34.7 Å². The first-order valence-electron chi connectivity index (χ1n) is 7.56. The molecule has 0 aliphatic heterocycles. The quantitative estimate of drug-likeness (QED) is 0.598. The van der Waals surface area contributed by atoms with E-state index in [9.17, 15) is 4.79 Å². The highest BCUT2D eigenvalue weighted by molar-refractivity contribution is 7.12. The first kappa shape index (κ1) is 14.7. The van der Waals surface area contributed by atoms with E-state index in [-0.39, 0.29) is 5.91 Å². The summed E-state index contributed by atoms with van der Waals surface area (Å²) in [7, 11) is 0. The van der Waals surface area contributed by atoms with Crippen LogP contribution in [0.3, 0.4) is 0 Å². The van der Waals surface area contributed by atoms with Crippen molar-refractivity contribution >= 4 is 28.0 Å². The van der Waals surface area contributed by atoms with Gasteiger partial charge in [0.15, 0.2) is 5.76 Å². The highest BCUT2D eigenvalue weighted by atomic mass is 32.1. The zero-order chi connectivity index (χ0) is 16.4. The number of nitrogens with zero attached hydrogens (tertiary/aromatic N) is 1. The van der Waals surface area contributed by atoms with Crippen molar-refractivity contribution in [2.45, 2.75) is 6.54 Å². The van der Waals surface area contributed by atoms with Gasteiger partial charge in [0.05, 0.1) is 11.4 Å². The van der Waals surface area contributed by atoms with Gasteiger partial charge in [-0.15, -0.1) is 11.3 Å². The lowest BCUT2D eigenvalue weighted by molar-refractivity contribution is 0.0954. The summed E-state index contributed by atoms with van der Waals surface area (Å²) in [5, 5.41) is 11.1. The van der Waals surface area contributed by atoms with Gasteiger partial charge in [-0.05, 0) is 28.3 Å². The number of rotatable bonds is 4. The fourth-order valence-corrected chi connectivity index (χ4v) is 3.18. The summed E-state index contributed by atoms with van der Waals surface area (Å²) < 4.78 is 5.42. The zero-order valence-electron chi connectivity index (χ0n) is 12.7. The zero-order valence-corrected chi connectivity index (χ0v) is 13.5. The number of amides is 1. The van der Waals surface area contributed by atoms with E-state index in [1.54, 1.807) is 6.07 Å². The predicted octanol–water partition coefficient (Wildman–Crippen LogP) is 4.49. The molecule has 24 heavy (non-hydrogen) atoms. The maximum atomic E-state index is 11.9. The molecule has 118 valence electrons. The Morgan fingerprint density at radius 2 is 1.92 bits per heavy atom. The third kappa shape index (κ3) is 2.94. The van der Waals surface area contributed by atoms with Crippen molar-refractivity contribution in [2.24, 2.45) is 0 Å². The molecule has 0 aliphatic rings. The maximum absolute atomic E-state index is 11.9. The SMILES string of the molecule is O=C(NCc1cc(-c2ccc3ccccc3c2)on1)c1cccs1. The third-order valence-corrected chi connectivity index (χ3v) is 4.64. The molecule has 0 spiro atoms. The highest BCUT2D eigenvalue weighted by Gasteiger charge is 2.10. The molecule has 4 nitrogen and oxygen atoms in total. The third-order valence-electron chi connectivity index (χ3n) is 3.77. The van der Waals surface area contributed by atoms with Crippen molar-refractivity contribution in [1.29, 1.82) is 0 Å². The van der Waals surface area contributed by atoms with Gasteiger partial charge in [0.25, 0.3) is 5.91 Å². The summed E-state index contributed by atoms with van der Waals surface area (Å²) in [5.41, 5.74) is 1.67. The largest absolute Gasteiger partial charge is 0.356 e. The minimum atomic E-state index is -0.0970. The van der Waals surface area contributed by atoms with Crippen LogP contribution in [0.25, 0.3) is 22.1 Å². The number of carbonyl (C=O) groups excluding carboxylic acids is 1. The smallest absolute Gasteiger partial charge is 0.261 e. The topological polar surface area (TPSA) is 55.1 Å². The Balaban J connectivity index is 1.50. The summed E-state index contributed by atoms with van der Waals surface area (Å²) in [4.78, 5) is 12.6. The molecule has 0 unspecified atom stereocenters. The fourth-order valence-electron chi connectivity index (χ4n) is 2.54. The van der Waals surface area contributed by atoms with E-state index >= 15 is 0 Å². The van der Waals surface area contributed by atoms with Crippen molar-refractivity contribution in [3.05, 3.63) is 76.6 Å². The van der Waals surface area contributed by atoms with Crippen molar-refractivity contribution in [3.8, 4) is 11.3 Å². The Hall–Kier alpha value is -2.92. The Bertz CT molecular complexity index is 989. The van der Waals surface area contributed by atoms with Gasteiger partial charge in [0.1, 0.15) is 5.69 Å². The van der Waals surface area contributed by atoms with Gasteiger partial charge in [-0.2, -0.15) is 0 Å². The lowest BCUT2D eigenvalue weighted by Gasteiger charge is -2.00. The van der Waals surface area contributed by atoms with Gasteiger partial charge in [-0.1, -0.05) is 47.6 Å². The van der Waals surface area contributed by atoms with Gasteiger partial charge in [0, 0.05) is 11.6 Å². The number of carbonyl (C=O) groups is 1. The van der Waals surface area contributed by atoms with Gasteiger partial charge >= 0.3 is 0 Å². The second-order valence-corrected chi connectivity index (χ2v) is 6.35. The first-order valence-corrected chi connectivity index (χ1v) is 8.44. The Kier molecular flexibility index (Phi) is 3.84. The molecule has 0 atom stereocenters. The van der Waals surface area contributed by atoms with E-state index in [4.69, 9.17) is 4.52 Å². The number of nitrogens with one attached hydrogen (secondary N) is 1. The molecule has 2 aromatic carbocycles. The average molecular weight is 334 g/mol. The number of hydrogen-bond donors (Lipinski definition) is 1. The molecular formula is C19H14N2O2S. The minimum Gasteiger partial charge on any atom is -0.356 e. The van der Waals surface area contributed by atoms with Gasteiger partial charge < -0.3 is 9.84 Å². The molecule has 0 aliphatic carbocycles. The molecule has 4 rings (SSSR count). The molecule has 5 heteroatoms. The second kappa shape index (κ2) is 6.29. The normalized spacial score (nSPS) is 10.8. The Morgan fingerprint density at radius 3 is 2.75 bits per heavy atom. The highest BCUT2D eigenvalue weighted by Crippen LogP contribution is 2.25. The van der Waals surface area contributed by atoms with Crippen LogP contribution in [-0.4, -0.2) is 11.1 Å². The number of fused-ring (bicyclic) bond motifs is 1. The number of hydrogen-bond acceptors (Lipinski definition) is 4. The van der Waals surface area contributed by atoms with Crippen LogP contribution in [0.15, 0.2) is 70.6 Å². The van der Waals surface area contributed by atoms with Crippen LogP contribution in [0.2, 0.25) is 0 Å². The molecule has 0 fully saturated rings. The second-order valence-electron chi connectivity index (χ2n) is 5.40. The Morgan fingerprint density at radius 1 is 1.04 bits per heavy atom. The summed E-state index contributed by atoms with van der Waals surface area (Å²) in [6.07, 6.45) is 0. The fraction of sp³-hybridized carbons (Fsp3) is 0.0526. The van der Waals surface area contributed by atoms with Gasteiger partial charge in [-0.25, -0.2) is 0 Å². The van der Waals surface area contributed by atoms with E-state index in [1.807, 2.05) is 35.7 Å². The maximum Gasteiger partial charge on any atom is 0.261 e. The van der Waals surface area contributed by atoms with Crippen LogP contribution >= 0.6 is 11.3 Å². The molecule has 0 saturated heterocycles. The van der Waals surface area contributed by atoms with Crippen molar-refractivity contribution in [3.63, 3.8) is 0 Å². The molecular weight excluding hydrogens is 320 g/mol. The molecule has 1 amide bonds. The predicted molar refractivity (Wildman–Crippen MR) is 94.9 cm³/mol. The van der Waals surface area contributed by atoms with Crippen LogP contribution in [0.4, 0.5) is 0 Å². The monoisotopic (exact) mass is 334 g/mol. The Labute approximate surface area is 142 Å². The molecule has 0 saturated carbocycles. The summed E-state index contributed by atoms with van der Waals surface area (Å²) in [6, 6.07) is 19.8. The molecule has 4 aromatic rings.